The Kier molecular flexibility index (Phi) is 4.55. The summed E-state index contributed by atoms with van der Waals surface area (Å²) in [5.41, 5.74) is 1.89. The third kappa shape index (κ3) is 4.57. The van der Waals surface area contributed by atoms with Gasteiger partial charge < -0.3 is 5.11 Å². The first kappa shape index (κ1) is 10.2. The van der Waals surface area contributed by atoms with Crippen LogP contribution in [0.15, 0.2) is 36.5 Å². The van der Waals surface area contributed by atoms with Gasteiger partial charge >= 0.3 is 0 Å². The molecule has 0 aliphatic rings. The molecule has 0 aliphatic heterocycles. The van der Waals surface area contributed by atoms with E-state index in [1.54, 1.807) is 6.08 Å². The van der Waals surface area contributed by atoms with Gasteiger partial charge in [-0.25, -0.2) is 0 Å². The van der Waals surface area contributed by atoms with E-state index in [2.05, 4.69) is 13.2 Å². The molecule has 0 heterocycles. The Labute approximate surface area is 68.7 Å². The topological polar surface area (TPSA) is 20.2 Å². The molecule has 0 radical (unpaired) electrons. The maximum absolute atomic E-state index is 9.29. The molecular weight excluding hydrogens is 136 g/mol. The second kappa shape index (κ2) is 4.91. The number of rotatable bonds is 4. The van der Waals surface area contributed by atoms with E-state index in [4.69, 9.17) is 0 Å². The van der Waals surface area contributed by atoms with Crippen LogP contribution in [0.2, 0.25) is 0 Å². The Morgan fingerprint density at radius 1 is 1.55 bits per heavy atom. The molecule has 0 spiro atoms. The number of hydrogen-bond donors (Lipinski definition) is 1. The molecule has 1 unspecified atom stereocenters. The number of hydrogen-bond acceptors (Lipinski definition) is 1. The number of allylic oxidation sites excluding steroid dienone is 2. The first-order valence-corrected chi connectivity index (χ1v) is 3.70. The van der Waals surface area contributed by atoms with Crippen LogP contribution < -0.4 is 0 Å². The smallest absolute Gasteiger partial charge is 0.0779 e. The first-order valence-electron chi connectivity index (χ1n) is 3.70. The van der Waals surface area contributed by atoms with Crippen molar-refractivity contribution in [3.05, 3.63) is 36.5 Å². The van der Waals surface area contributed by atoms with Gasteiger partial charge in [0.05, 0.1) is 6.10 Å². The summed E-state index contributed by atoms with van der Waals surface area (Å²) in [5.74, 6) is 0. The average Bonchev–Trinajstić information content (AvgIpc) is 1.99. The first-order chi connectivity index (χ1) is 5.07. The van der Waals surface area contributed by atoms with Gasteiger partial charge in [0.1, 0.15) is 0 Å². The molecule has 0 aromatic heterocycles. The molecular formula is C10H16O. The number of aliphatic hydroxyl groups is 1. The van der Waals surface area contributed by atoms with Crippen LogP contribution in [-0.4, -0.2) is 11.2 Å². The molecule has 0 rings (SSSR count). The van der Waals surface area contributed by atoms with Crippen molar-refractivity contribution in [3.63, 3.8) is 0 Å². The Morgan fingerprint density at radius 2 is 2.09 bits per heavy atom. The molecule has 62 valence electrons. The van der Waals surface area contributed by atoms with Gasteiger partial charge in [-0.3, -0.25) is 0 Å². The van der Waals surface area contributed by atoms with Gasteiger partial charge in [-0.15, -0.1) is 0 Å². The van der Waals surface area contributed by atoms with Crippen molar-refractivity contribution in [1.29, 1.82) is 0 Å². The Bertz CT molecular complexity index is 177. The fraction of sp³-hybridized carbons (Fsp3) is 0.400. The fourth-order valence-electron chi connectivity index (χ4n) is 0.582. The quantitative estimate of drug-likeness (QED) is 0.484. The molecule has 1 atom stereocenters. The predicted molar refractivity (Wildman–Crippen MR) is 49.4 cm³/mol. The summed E-state index contributed by atoms with van der Waals surface area (Å²) in [5, 5.41) is 9.29. The van der Waals surface area contributed by atoms with Crippen LogP contribution in [0.5, 0.6) is 0 Å². The molecule has 0 aromatic rings. The minimum absolute atomic E-state index is 0.412. The van der Waals surface area contributed by atoms with Gasteiger partial charge in [0.2, 0.25) is 0 Å². The van der Waals surface area contributed by atoms with Crippen LogP contribution in [0, 0.1) is 0 Å². The molecule has 0 bridgehead atoms. The Hall–Kier alpha value is -0.820. The zero-order valence-electron chi connectivity index (χ0n) is 7.30. The highest BCUT2D eigenvalue weighted by Gasteiger charge is 2.00. The summed E-state index contributed by atoms with van der Waals surface area (Å²) in [6.45, 7) is 11.0. The van der Waals surface area contributed by atoms with E-state index < -0.39 is 6.10 Å². The van der Waals surface area contributed by atoms with Crippen molar-refractivity contribution in [1.82, 2.24) is 0 Å². The third-order valence-electron chi connectivity index (χ3n) is 1.55. The summed E-state index contributed by atoms with van der Waals surface area (Å²) < 4.78 is 0. The van der Waals surface area contributed by atoms with E-state index in [1.807, 2.05) is 19.9 Å². The van der Waals surface area contributed by atoms with E-state index in [1.165, 1.54) is 0 Å². The van der Waals surface area contributed by atoms with Crippen LogP contribution in [0.4, 0.5) is 0 Å². The zero-order chi connectivity index (χ0) is 8.85. The lowest BCUT2D eigenvalue weighted by Crippen LogP contribution is -2.04. The summed E-state index contributed by atoms with van der Waals surface area (Å²) in [7, 11) is 0. The molecule has 0 amide bonds. The van der Waals surface area contributed by atoms with Crippen molar-refractivity contribution >= 4 is 0 Å². The highest BCUT2D eigenvalue weighted by molar-refractivity contribution is 5.14. The van der Waals surface area contributed by atoms with Gasteiger partial charge in [-0.2, -0.15) is 0 Å². The van der Waals surface area contributed by atoms with E-state index in [0.29, 0.717) is 6.42 Å². The maximum Gasteiger partial charge on any atom is 0.0779 e. The van der Waals surface area contributed by atoms with Crippen molar-refractivity contribution in [2.45, 2.75) is 26.4 Å². The second-order valence-electron chi connectivity index (χ2n) is 2.75. The molecule has 11 heavy (non-hydrogen) atoms. The highest BCUT2D eigenvalue weighted by Crippen LogP contribution is 2.05. The zero-order valence-corrected chi connectivity index (χ0v) is 7.30. The van der Waals surface area contributed by atoms with E-state index in [-0.39, 0.29) is 0 Å². The summed E-state index contributed by atoms with van der Waals surface area (Å²) >= 11 is 0. The van der Waals surface area contributed by atoms with Crippen LogP contribution >= 0.6 is 0 Å². The van der Waals surface area contributed by atoms with Crippen molar-refractivity contribution in [3.8, 4) is 0 Å². The molecule has 0 aliphatic carbocycles. The molecule has 0 saturated heterocycles. The van der Waals surface area contributed by atoms with Gasteiger partial charge in [-0.05, 0) is 20.3 Å². The van der Waals surface area contributed by atoms with Gasteiger partial charge in [0.25, 0.3) is 0 Å². The van der Waals surface area contributed by atoms with Crippen molar-refractivity contribution < 1.29 is 5.11 Å². The van der Waals surface area contributed by atoms with Crippen molar-refractivity contribution in [2.75, 3.05) is 0 Å². The largest absolute Gasteiger partial charge is 0.388 e. The van der Waals surface area contributed by atoms with E-state index >= 15 is 0 Å². The average molecular weight is 152 g/mol. The lowest BCUT2D eigenvalue weighted by atomic mass is 10.1. The molecule has 1 nitrogen and oxygen atoms in total. The lowest BCUT2D eigenvalue weighted by molar-refractivity contribution is 0.215. The summed E-state index contributed by atoms with van der Waals surface area (Å²) in [4.78, 5) is 0. The van der Waals surface area contributed by atoms with Crippen molar-refractivity contribution in [2.24, 2.45) is 0 Å². The van der Waals surface area contributed by atoms with Gasteiger partial charge in [0, 0.05) is 0 Å². The normalized spacial score (nSPS) is 14.3. The predicted octanol–water partition coefficient (Wildman–Crippen LogP) is 2.45. The Morgan fingerprint density at radius 3 is 2.45 bits per heavy atom. The third-order valence-corrected chi connectivity index (χ3v) is 1.55. The SMILES string of the molecule is C=CC(C)=CCC(O)C(=C)C. The minimum Gasteiger partial charge on any atom is -0.388 e. The Balaban J connectivity index is 3.87. The molecule has 1 heteroatoms. The van der Waals surface area contributed by atoms with E-state index in [0.717, 1.165) is 11.1 Å². The number of aliphatic hydroxyl groups excluding tert-OH is 1. The van der Waals surface area contributed by atoms with Crippen LogP contribution in [0.25, 0.3) is 0 Å². The lowest BCUT2D eigenvalue weighted by Gasteiger charge is -2.06. The highest BCUT2D eigenvalue weighted by atomic mass is 16.3. The van der Waals surface area contributed by atoms with Crippen LogP contribution in [0.1, 0.15) is 20.3 Å². The minimum atomic E-state index is -0.412. The standard InChI is InChI=1S/C10H16O/c1-5-9(4)6-7-10(11)8(2)3/h5-6,10-11H,1-2,7H2,3-4H3. The molecule has 0 fully saturated rings. The van der Waals surface area contributed by atoms with E-state index in [9.17, 15) is 5.11 Å². The molecule has 0 aromatic carbocycles. The maximum atomic E-state index is 9.29. The van der Waals surface area contributed by atoms with Gasteiger partial charge in [-0.1, -0.05) is 36.5 Å². The second-order valence-corrected chi connectivity index (χ2v) is 2.75. The summed E-state index contributed by atoms with van der Waals surface area (Å²) in [6.07, 6.45) is 3.94. The molecule has 1 N–H and O–H groups in total. The van der Waals surface area contributed by atoms with Crippen LogP contribution in [0.3, 0.4) is 0 Å². The summed E-state index contributed by atoms with van der Waals surface area (Å²) in [6, 6.07) is 0. The van der Waals surface area contributed by atoms with Gasteiger partial charge in [0.15, 0.2) is 0 Å². The fourth-order valence-corrected chi connectivity index (χ4v) is 0.582. The van der Waals surface area contributed by atoms with Crippen LogP contribution in [-0.2, 0) is 0 Å². The monoisotopic (exact) mass is 152 g/mol. The molecule has 0 saturated carbocycles.